The highest BCUT2D eigenvalue weighted by Gasteiger charge is 2.33. The van der Waals surface area contributed by atoms with Gasteiger partial charge in [-0.1, -0.05) is 0 Å². The number of hydrogen-bond donors (Lipinski definition) is 2. The molecule has 0 unspecified atom stereocenters. The Bertz CT molecular complexity index is 654. The third kappa shape index (κ3) is 4.37. The number of carbonyl (C=O) groups is 1. The van der Waals surface area contributed by atoms with E-state index in [4.69, 9.17) is 16.3 Å². The molecule has 2 aliphatic heterocycles. The second kappa shape index (κ2) is 7.67. The zero-order chi connectivity index (χ0) is 18.7. The minimum atomic E-state index is -0.410. The van der Waals surface area contributed by atoms with E-state index in [9.17, 15) is 4.79 Å². The van der Waals surface area contributed by atoms with Crippen LogP contribution in [0.1, 0.15) is 0 Å². The zero-order valence-corrected chi connectivity index (χ0v) is 16.3. The smallest absolute Gasteiger partial charge is 0.414 e. The van der Waals surface area contributed by atoms with E-state index in [1.54, 1.807) is 11.1 Å². The standard InChI is InChI=1S/C18H29N5O2S/c1-26(2)11-9-21(10-12-26)15-3-5-16(6-4-15)23-14-17(25-18(23)24)13-22(20)8-7-19/h3-8,17H,9-14,19-20H2,1-2H3/b8-7-/t17-/m0/s1. The van der Waals surface area contributed by atoms with E-state index in [0.717, 1.165) is 18.8 Å². The molecule has 3 rings (SSSR count). The number of amides is 1. The predicted molar refractivity (Wildman–Crippen MR) is 110 cm³/mol. The summed E-state index contributed by atoms with van der Waals surface area (Å²) in [6.45, 7) is 3.10. The van der Waals surface area contributed by atoms with Crippen LogP contribution in [0.4, 0.5) is 16.2 Å². The zero-order valence-electron chi connectivity index (χ0n) is 15.5. The first kappa shape index (κ1) is 18.7. The molecule has 0 radical (unpaired) electrons. The average molecular weight is 380 g/mol. The number of anilines is 2. The van der Waals surface area contributed by atoms with Crippen molar-refractivity contribution in [1.29, 1.82) is 0 Å². The first-order valence-electron chi connectivity index (χ1n) is 8.79. The fourth-order valence-electron chi connectivity index (χ4n) is 3.26. The van der Waals surface area contributed by atoms with Gasteiger partial charge in [0.2, 0.25) is 0 Å². The van der Waals surface area contributed by atoms with E-state index < -0.39 is 10.0 Å². The van der Waals surface area contributed by atoms with Crippen LogP contribution in [0.15, 0.2) is 36.7 Å². The summed E-state index contributed by atoms with van der Waals surface area (Å²) in [6, 6.07) is 8.17. The van der Waals surface area contributed by atoms with Crippen molar-refractivity contribution in [3.05, 3.63) is 36.7 Å². The Morgan fingerprint density at radius 1 is 1.23 bits per heavy atom. The third-order valence-electron chi connectivity index (χ3n) is 4.92. The van der Waals surface area contributed by atoms with Crippen molar-refractivity contribution in [3.8, 4) is 0 Å². The van der Waals surface area contributed by atoms with Crippen LogP contribution in [-0.2, 0) is 4.74 Å². The number of hydrogen-bond acceptors (Lipinski definition) is 6. The lowest BCUT2D eigenvalue weighted by Crippen LogP contribution is -2.38. The molecule has 0 bridgehead atoms. The molecule has 0 saturated carbocycles. The number of rotatable bonds is 5. The van der Waals surface area contributed by atoms with Crippen molar-refractivity contribution in [2.24, 2.45) is 11.6 Å². The Labute approximate surface area is 156 Å². The fourth-order valence-corrected chi connectivity index (χ4v) is 4.90. The van der Waals surface area contributed by atoms with Crippen molar-refractivity contribution in [1.82, 2.24) is 5.01 Å². The molecule has 26 heavy (non-hydrogen) atoms. The van der Waals surface area contributed by atoms with Gasteiger partial charge in [0.25, 0.3) is 0 Å². The minimum Gasteiger partial charge on any atom is -0.442 e. The van der Waals surface area contributed by atoms with Gasteiger partial charge in [-0.05, 0) is 48.3 Å². The Morgan fingerprint density at radius 2 is 1.85 bits per heavy atom. The largest absolute Gasteiger partial charge is 0.442 e. The van der Waals surface area contributed by atoms with E-state index in [1.165, 1.54) is 28.4 Å². The van der Waals surface area contributed by atoms with Crippen molar-refractivity contribution >= 4 is 27.5 Å². The van der Waals surface area contributed by atoms with Crippen LogP contribution in [0.5, 0.6) is 0 Å². The molecule has 7 nitrogen and oxygen atoms in total. The maximum atomic E-state index is 12.2. The molecular weight excluding hydrogens is 350 g/mol. The fraction of sp³-hybridized carbons (Fsp3) is 0.500. The molecule has 2 aliphatic rings. The predicted octanol–water partition coefficient (Wildman–Crippen LogP) is 1.50. The number of nitrogens with two attached hydrogens (primary N) is 2. The minimum absolute atomic E-state index is 0.282. The topological polar surface area (TPSA) is 88.1 Å². The molecule has 1 amide bonds. The normalized spacial score (nSPS) is 24.0. The Hall–Kier alpha value is -2.06. The summed E-state index contributed by atoms with van der Waals surface area (Å²) in [5.74, 6) is 8.33. The first-order chi connectivity index (χ1) is 12.4. The number of nitrogens with zero attached hydrogens (tertiary/aromatic N) is 3. The molecule has 0 spiro atoms. The molecule has 4 N–H and O–H groups in total. The highest BCUT2D eigenvalue weighted by Crippen LogP contribution is 2.42. The molecule has 1 aromatic rings. The van der Waals surface area contributed by atoms with Gasteiger partial charge in [0.15, 0.2) is 0 Å². The summed E-state index contributed by atoms with van der Waals surface area (Å²) in [5.41, 5.74) is 7.38. The second-order valence-electron chi connectivity index (χ2n) is 7.33. The van der Waals surface area contributed by atoms with Crippen LogP contribution in [0.3, 0.4) is 0 Å². The van der Waals surface area contributed by atoms with Crippen molar-refractivity contribution in [3.63, 3.8) is 0 Å². The Morgan fingerprint density at radius 3 is 2.46 bits per heavy atom. The van der Waals surface area contributed by atoms with Gasteiger partial charge in [0.1, 0.15) is 6.10 Å². The Kier molecular flexibility index (Phi) is 5.52. The van der Waals surface area contributed by atoms with E-state index in [2.05, 4.69) is 29.5 Å². The number of carbonyl (C=O) groups excluding carboxylic acids is 1. The molecular formula is C18H29N5O2S. The molecule has 0 aliphatic carbocycles. The van der Waals surface area contributed by atoms with Gasteiger partial charge in [-0.25, -0.2) is 20.7 Å². The van der Waals surface area contributed by atoms with Gasteiger partial charge in [-0.15, -0.1) is 0 Å². The number of hydrazine groups is 1. The number of cyclic esters (lactones) is 1. The van der Waals surface area contributed by atoms with E-state index in [-0.39, 0.29) is 12.2 Å². The van der Waals surface area contributed by atoms with Gasteiger partial charge in [-0.2, -0.15) is 0 Å². The van der Waals surface area contributed by atoms with Crippen LogP contribution in [0, 0.1) is 0 Å². The van der Waals surface area contributed by atoms with Gasteiger partial charge in [-0.3, -0.25) is 4.90 Å². The summed E-state index contributed by atoms with van der Waals surface area (Å²) >= 11 is 0. The number of benzene rings is 1. The van der Waals surface area contributed by atoms with Crippen LogP contribution in [0.25, 0.3) is 0 Å². The van der Waals surface area contributed by atoms with Gasteiger partial charge < -0.3 is 20.4 Å². The highest BCUT2D eigenvalue weighted by molar-refractivity contribution is 8.32. The van der Waals surface area contributed by atoms with Crippen molar-refractivity contribution in [2.75, 3.05) is 60.0 Å². The highest BCUT2D eigenvalue weighted by atomic mass is 32.3. The first-order valence-corrected chi connectivity index (χ1v) is 11.6. The third-order valence-corrected chi connectivity index (χ3v) is 7.50. The van der Waals surface area contributed by atoms with Gasteiger partial charge >= 0.3 is 6.09 Å². The quantitative estimate of drug-likeness (QED) is 0.595. The van der Waals surface area contributed by atoms with Crippen molar-refractivity contribution < 1.29 is 9.53 Å². The van der Waals surface area contributed by atoms with E-state index >= 15 is 0 Å². The summed E-state index contributed by atoms with van der Waals surface area (Å²) in [4.78, 5) is 16.3. The monoisotopic (exact) mass is 379 g/mol. The second-order valence-corrected chi connectivity index (χ2v) is 11.7. The summed E-state index contributed by atoms with van der Waals surface area (Å²) < 4.78 is 5.40. The van der Waals surface area contributed by atoms with Crippen LogP contribution < -0.4 is 21.4 Å². The summed E-state index contributed by atoms with van der Waals surface area (Å²) in [7, 11) is -0.410. The van der Waals surface area contributed by atoms with Gasteiger partial charge in [0, 0.05) is 36.9 Å². The lowest BCUT2D eigenvalue weighted by molar-refractivity contribution is 0.122. The van der Waals surface area contributed by atoms with E-state index in [0.29, 0.717) is 13.1 Å². The molecule has 144 valence electrons. The summed E-state index contributed by atoms with van der Waals surface area (Å²) in [6.07, 6.45) is 7.11. The lowest BCUT2D eigenvalue weighted by atomic mass is 10.2. The van der Waals surface area contributed by atoms with Crippen molar-refractivity contribution in [2.45, 2.75) is 6.10 Å². The molecule has 2 fully saturated rings. The number of ether oxygens (including phenoxy) is 1. The molecule has 2 saturated heterocycles. The molecule has 1 aromatic carbocycles. The SMILES string of the molecule is CS1(C)CCN(c2ccc(N3C[C@H](CN(N)/C=C\N)OC3=O)cc2)CC1. The Balaban J connectivity index is 1.61. The van der Waals surface area contributed by atoms with Crippen LogP contribution in [0.2, 0.25) is 0 Å². The molecule has 1 atom stereocenters. The van der Waals surface area contributed by atoms with Crippen LogP contribution >= 0.6 is 10.0 Å². The van der Waals surface area contributed by atoms with E-state index in [1.807, 2.05) is 12.1 Å². The lowest BCUT2D eigenvalue weighted by Gasteiger charge is -2.42. The van der Waals surface area contributed by atoms with Crippen LogP contribution in [-0.4, -0.2) is 67.4 Å². The summed E-state index contributed by atoms with van der Waals surface area (Å²) in [5, 5.41) is 1.42. The average Bonchev–Trinajstić information content (AvgIpc) is 2.95. The molecule has 8 heteroatoms. The molecule has 2 heterocycles. The molecule has 0 aromatic heterocycles. The maximum Gasteiger partial charge on any atom is 0.414 e. The van der Waals surface area contributed by atoms with Gasteiger partial charge in [0.05, 0.1) is 13.1 Å². The maximum absolute atomic E-state index is 12.2.